The number of aromatic nitrogens is 5. The first kappa shape index (κ1) is 18.9. The van der Waals surface area contributed by atoms with E-state index in [2.05, 4.69) is 41.6 Å². The van der Waals surface area contributed by atoms with E-state index in [9.17, 15) is 14.4 Å². The van der Waals surface area contributed by atoms with Gasteiger partial charge < -0.3 is 26.0 Å². The number of carboxylic acid groups (broad SMARTS) is 1. The van der Waals surface area contributed by atoms with Crippen molar-refractivity contribution in [2.24, 2.45) is 5.92 Å². The zero-order valence-corrected chi connectivity index (χ0v) is 14.2. The number of tetrazole rings is 1. The molecule has 1 atom stereocenters. The summed E-state index contributed by atoms with van der Waals surface area (Å²) in [4.78, 5) is 37.6. The molecule has 2 heterocycles. The minimum atomic E-state index is -1.15. The molecule has 0 radical (unpaired) electrons. The van der Waals surface area contributed by atoms with Crippen LogP contribution in [0.2, 0.25) is 0 Å². The van der Waals surface area contributed by atoms with Gasteiger partial charge >= 0.3 is 6.09 Å². The highest BCUT2D eigenvalue weighted by Crippen LogP contribution is 2.21. The third kappa shape index (κ3) is 5.29. The summed E-state index contributed by atoms with van der Waals surface area (Å²) in [5, 5.41) is 29.3. The smallest absolute Gasteiger partial charge is 0.405 e. The minimum absolute atomic E-state index is 0.0171. The second-order valence-electron chi connectivity index (χ2n) is 5.79. The molecule has 0 aromatic carbocycles. The summed E-state index contributed by atoms with van der Waals surface area (Å²) in [6, 6.07) is 2.68. The normalized spacial score (nSPS) is 11.8. The van der Waals surface area contributed by atoms with Gasteiger partial charge in [0.1, 0.15) is 5.69 Å². The van der Waals surface area contributed by atoms with Crippen molar-refractivity contribution in [2.75, 3.05) is 6.54 Å². The highest BCUT2D eigenvalue weighted by molar-refractivity contribution is 5.95. The number of H-pyrrole nitrogens is 2. The standard InChI is InChI=1S/C14H20N8O4/c1-7(2)12(18-14(25)26)8-3-4-9(17-8)13(24)16-6-11(23)15-5-10-19-21-22-20-10/h3-4,7,12,17-18H,5-6H2,1-2H3,(H,15,23)(H,16,24)(H,25,26)(H,19,20,21,22). The molecular weight excluding hydrogens is 344 g/mol. The number of carbonyl (C=O) groups is 3. The number of hydrogen-bond donors (Lipinski definition) is 6. The predicted molar refractivity (Wildman–Crippen MR) is 87.9 cm³/mol. The molecule has 0 aliphatic rings. The van der Waals surface area contributed by atoms with E-state index in [-0.39, 0.29) is 24.7 Å². The quantitative estimate of drug-likeness (QED) is 0.367. The number of hydrogen-bond acceptors (Lipinski definition) is 6. The molecule has 6 N–H and O–H groups in total. The van der Waals surface area contributed by atoms with Gasteiger partial charge in [0.2, 0.25) is 5.91 Å². The van der Waals surface area contributed by atoms with Gasteiger partial charge in [-0.2, -0.15) is 5.21 Å². The summed E-state index contributed by atoms with van der Waals surface area (Å²) in [6.07, 6.45) is -1.15. The van der Waals surface area contributed by atoms with Crippen molar-refractivity contribution in [1.82, 2.24) is 41.6 Å². The minimum Gasteiger partial charge on any atom is -0.465 e. The molecule has 12 heteroatoms. The molecule has 0 saturated carbocycles. The van der Waals surface area contributed by atoms with Crippen molar-refractivity contribution >= 4 is 17.9 Å². The summed E-state index contributed by atoms with van der Waals surface area (Å²) in [6.45, 7) is 3.57. The Morgan fingerprint density at radius 3 is 2.62 bits per heavy atom. The monoisotopic (exact) mass is 364 g/mol. The molecule has 3 amide bonds. The SMILES string of the molecule is CC(C)C(NC(=O)O)c1ccc(C(=O)NCC(=O)NCc2nn[nH]n2)[nH]1. The lowest BCUT2D eigenvalue weighted by Gasteiger charge is -2.19. The molecule has 0 spiro atoms. The van der Waals surface area contributed by atoms with E-state index in [0.717, 1.165) is 0 Å². The number of nitrogens with one attached hydrogen (secondary N) is 5. The molecular formula is C14H20N8O4. The first-order valence-corrected chi connectivity index (χ1v) is 7.82. The van der Waals surface area contributed by atoms with Gasteiger partial charge in [0.15, 0.2) is 5.82 Å². The molecule has 12 nitrogen and oxygen atoms in total. The fourth-order valence-corrected chi connectivity index (χ4v) is 2.22. The second-order valence-corrected chi connectivity index (χ2v) is 5.79. The number of nitrogens with zero attached hydrogens (tertiary/aromatic N) is 3. The summed E-state index contributed by atoms with van der Waals surface area (Å²) in [5.41, 5.74) is 0.790. The highest BCUT2D eigenvalue weighted by atomic mass is 16.4. The molecule has 0 saturated heterocycles. The maximum Gasteiger partial charge on any atom is 0.405 e. The number of carbonyl (C=O) groups excluding carboxylic acids is 2. The maximum absolute atomic E-state index is 12.1. The molecule has 0 aliphatic carbocycles. The third-order valence-corrected chi connectivity index (χ3v) is 3.48. The largest absolute Gasteiger partial charge is 0.465 e. The van der Waals surface area contributed by atoms with E-state index in [1.165, 1.54) is 6.07 Å². The Morgan fingerprint density at radius 2 is 2.00 bits per heavy atom. The van der Waals surface area contributed by atoms with Gasteiger partial charge in [-0.3, -0.25) is 9.59 Å². The number of aromatic amines is 2. The Kier molecular flexibility index (Phi) is 6.25. The van der Waals surface area contributed by atoms with E-state index < -0.39 is 23.9 Å². The van der Waals surface area contributed by atoms with Crippen LogP contribution in [-0.4, -0.2) is 55.2 Å². The summed E-state index contributed by atoms with van der Waals surface area (Å²) in [7, 11) is 0. The van der Waals surface area contributed by atoms with Crippen LogP contribution < -0.4 is 16.0 Å². The molecule has 26 heavy (non-hydrogen) atoms. The molecule has 0 bridgehead atoms. The topological polar surface area (TPSA) is 178 Å². The molecule has 2 aromatic heterocycles. The molecule has 0 fully saturated rings. The van der Waals surface area contributed by atoms with E-state index in [0.29, 0.717) is 11.5 Å². The van der Waals surface area contributed by atoms with Gasteiger partial charge in [-0.25, -0.2) is 4.79 Å². The average Bonchev–Trinajstić information content (AvgIpc) is 3.26. The van der Waals surface area contributed by atoms with Gasteiger partial charge in [0.25, 0.3) is 5.91 Å². The van der Waals surface area contributed by atoms with Gasteiger partial charge in [-0.1, -0.05) is 19.1 Å². The van der Waals surface area contributed by atoms with Crippen LogP contribution in [0.5, 0.6) is 0 Å². The van der Waals surface area contributed by atoms with Gasteiger partial charge in [-0.15, -0.1) is 10.2 Å². The van der Waals surface area contributed by atoms with Crippen molar-refractivity contribution in [3.8, 4) is 0 Å². The van der Waals surface area contributed by atoms with Crippen LogP contribution in [0, 0.1) is 5.92 Å². The first-order chi connectivity index (χ1) is 12.4. The molecule has 2 aromatic rings. The van der Waals surface area contributed by atoms with Crippen LogP contribution in [-0.2, 0) is 11.3 Å². The van der Waals surface area contributed by atoms with E-state index >= 15 is 0 Å². The zero-order chi connectivity index (χ0) is 19.1. The zero-order valence-electron chi connectivity index (χ0n) is 14.2. The fraction of sp³-hybridized carbons (Fsp3) is 0.429. The van der Waals surface area contributed by atoms with Crippen LogP contribution in [0.15, 0.2) is 12.1 Å². The molecule has 1 unspecified atom stereocenters. The first-order valence-electron chi connectivity index (χ1n) is 7.82. The van der Waals surface area contributed by atoms with E-state index in [1.54, 1.807) is 6.07 Å². The second kappa shape index (κ2) is 8.60. The summed E-state index contributed by atoms with van der Waals surface area (Å²) >= 11 is 0. The predicted octanol–water partition coefficient (Wildman–Crippen LogP) is -0.461. The third-order valence-electron chi connectivity index (χ3n) is 3.48. The van der Waals surface area contributed by atoms with Crippen LogP contribution in [0.4, 0.5) is 4.79 Å². The fourth-order valence-electron chi connectivity index (χ4n) is 2.22. The Balaban J connectivity index is 1.86. The molecule has 2 rings (SSSR count). The van der Waals surface area contributed by atoms with E-state index in [1.807, 2.05) is 13.8 Å². The van der Waals surface area contributed by atoms with E-state index in [4.69, 9.17) is 5.11 Å². The van der Waals surface area contributed by atoms with Crippen LogP contribution in [0.1, 0.15) is 41.9 Å². The van der Waals surface area contributed by atoms with Crippen molar-refractivity contribution in [3.05, 3.63) is 29.3 Å². The summed E-state index contributed by atoms with van der Waals surface area (Å²) < 4.78 is 0. The van der Waals surface area contributed by atoms with Crippen LogP contribution in [0.3, 0.4) is 0 Å². The van der Waals surface area contributed by atoms with Crippen LogP contribution >= 0.6 is 0 Å². The van der Waals surface area contributed by atoms with Crippen molar-refractivity contribution in [1.29, 1.82) is 0 Å². The van der Waals surface area contributed by atoms with Crippen LogP contribution in [0.25, 0.3) is 0 Å². The summed E-state index contributed by atoms with van der Waals surface area (Å²) in [5.74, 6) is -0.591. The van der Waals surface area contributed by atoms with Gasteiger partial charge in [-0.05, 0) is 18.1 Å². The average molecular weight is 364 g/mol. The lowest BCUT2D eigenvalue weighted by Crippen LogP contribution is -2.37. The van der Waals surface area contributed by atoms with Crippen molar-refractivity contribution in [3.63, 3.8) is 0 Å². The van der Waals surface area contributed by atoms with Crippen molar-refractivity contribution < 1.29 is 19.5 Å². The lowest BCUT2D eigenvalue weighted by atomic mass is 10.0. The Hall–Kier alpha value is -3.44. The van der Waals surface area contributed by atoms with Crippen molar-refractivity contribution in [2.45, 2.75) is 26.4 Å². The lowest BCUT2D eigenvalue weighted by molar-refractivity contribution is -0.120. The number of rotatable bonds is 8. The Labute approximate surface area is 148 Å². The Bertz CT molecular complexity index is 755. The van der Waals surface area contributed by atoms with Gasteiger partial charge in [0, 0.05) is 5.69 Å². The van der Waals surface area contributed by atoms with Gasteiger partial charge in [0.05, 0.1) is 19.1 Å². The molecule has 0 aliphatic heterocycles. The highest BCUT2D eigenvalue weighted by Gasteiger charge is 2.21. The Morgan fingerprint density at radius 1 is 1.23 bits per heavy atom. The molecule has 140 valence electrons. The number of amides is 3. The maximum atomic E-state index is 12.1.